The summed E-state index contributed by atoms with van der Waals surface area (Å²) >= 11 is -0.874. The summed E-state index contributed by atoms with van der Waals surface area (Å²) in [6, 6.07) is 0. The van der Waals surface area contributed by atoms with Crippen molar-refractivity contribution >= 4 is 5.96 Å². The molecule has 32 valence electrons. The third-order valence-electron chi connectivity index (χ3n) is 0.341. The molecule has 0 aliphatic heterocycles. The standard InChI is InChI=1S/CH4N3.CH3.Hg/c2-1(3)4;;/h(H4-,2,3,4);1H3;/q-1;;+1. The van der Waals surface area contributed by atoms with E-state index in [0.29, 0.717) is 0 Å². The van der Waals surface area contributed by atoms with Gasteiger partial charge in [-0.1, -0.05) is 0 Å². The number of hydrogen-bond donors (Lipinski definition) is 2. The van der Waals surface area contributed by atoms with E-state index in [4.69, 9.17) is 11.5 Å². The zero-order valence-electron chi connectivity index (χ0n) is 3.81. The van der Waals surface area contributed by atoms with E-state index < -0.39 is 24.9 Å². The minimum absolute atomic E-state index is 0.263. The molecule has 0 saturated heterocycles. The fraction of sp³-hybridized carbons (Fsp3) is 0.500. The van der Waals surface area contributed by atoms with Crippen LogP contribution in [0.2, 0.25) is 4.43 Å². The summed E-state index contributed by atoms with van der Waals surface area (Å²) in [4.78, 5) is 0. The van der Waals surface area contributed by atoms with E-state index in [9.17, 15) is 0 Å². The molecular weight excluding hydrogens is 267 g/mol. The fourth-order valence-electron chi connectivity index (χ4n) is 0.183. The summed E-state index contributed by atoms with van der Waals surface area (Å²) in [5.74, 6) is 0.263. The van der Waals surface area contributed by atoms with Crippen molar-refractivity contribution in [2.45, 2.75) is 4.43 Å². The first-order chi connectivity index (χ1) is 2.77. The average molecular weight is 274 g/mol. The Balaban J connectivity index is 3.14. The second-order valence-corrected chi connectivity index (χ2v) is 4.59. The van der Waals surface area contributed by atoms with Gasteiger partial charge in [0.05, 0.1) is 0 Å². The predicted octanol–water partition coefficient (Wildman–Crippen LogP) is -0.695. The first kappa shape index (κ1) is 6.21. The summed E-state index contributed by atoms with van der Waals surface area (Å²) in [5.41, 5.74) is 9.97. The molecule has 0 aliphatic rings. The van der Waals surface area contributed by atoms with Crippen LogP contribution < -0.4 is 11.5 Å². The van der Waals surface area contributed by atoms with Crippen molar-refractivity contribution in [3.8, 4) is 0 Å². The van der Waals surface area contributed by atoms with E-state index in [-0.39, 0.29) is 5.96 Å². The van der Waals surface area contributed by atoms with Crippen LogP contribution in [0, 0.1) is 0 Å². The van der Waals surface area contributed by atoms with E-state index in [1.807, 2.05) is 0 Å². The molecule has 0 spiro atoms. The molecule has 6 heavy (non-hydrogen) atoms. The van der Waals surface area contributed by atoms with Gasteiger partial charge in [-0.2, -0.15) is 0 Å². The molecule has 0 radical (unpaired) electrons. The summed E-state index contributed by atoms with van der Waals surface area (Å²) in [6.07, 6.45) is 0. The first-order valence-electron chi connectivity index (χ1n) is 1.82. The van der Waals surface area contributed by atoms with Crippen molar-refractivity contribution in [3.05, 3.63) is 0 Å². The normalized spacial score (nSPS) is 6.17. The Morgan fingerprint density at radius 3 is 2.17 bits per heavy atom. The molecular formula is C2H7HgN3. The molecule has 0 saturated carbocycles. The number of guanidine groups is 1. The second-order valence-electron chi connectivity index (χ2n) is 0.899. The van der Waals surface area contributed by atoms with Gasteiger partial charge in [0, 0.05) is 0 Å². The molecule has 0 aliphatic carbocycles. The van der Waals surface area contributed by atoms with E-state index in [0.717, 1.165) is 0 Å². The molecule has 0 aromatic carbocycles. The molecule has 4 heteroatoms. The van der Waals surface area contributed by atoms with Gasteiger partial charge in [-0.05, 0) is 0 Å². The third kappa shape index (κ3) is 4.21. The Bertz CT molecular complexity index is 55.8. The van der Waals surface area contributed by atoms with Crippen LogP contribution in [-0.4, -0.2) is 5.96 Å². The first-order valence-corrected chi connectivity index (χ1v) is 9.78. The van der Waals surface area contributed by atoms with Gasteiger partial charge in [0.1, 0.15) is 0 Å². The van der Waals surface area contributed by atoms with E-state index in [2.05, 4.69) is 7.19 Å². The van der Waals surface area contributed by atoms with Crippen molar-refractivity contribution in [1.82, 2.24) is 0 Å². The van der Waals surface area contributed by atoms with Crippen LogP contribution in [0.3, 0.4) is 0 Å². The van der Waals surface area contributed by atoms with Crippen molar-refractivity contribution in [2.75, 3.05) is 0 Å². The Morgan fingerprint density at radius 1 is 1.67 bits per heavy atom. The van der Waals surface area contributed by atoms with Crippen molar-refractivity contribution in [1.29, 1.82) is 0 Å². The van der Waals surface area contributed by atoms with E-state index in [1.54, 1.807) is 0 Å². The zero-order valence-corrected chi connectivity index (χ0v) is 9.31. The third-order valence-corrected chi connectivity index (χ3v) is 2.99. The van der Waals surface area contributed by atoms with E-state index >= 15 is 0 Å². The molecule has 0 heterocycles. The second kappa shape index (κ2) is 3.40. The summed E-state index contributed by atoms with van der Waals surface area (Å²) < 4.78 is 5.92. The topological polar surface area (TPSA) is 64.4 Å². The van der Waals surface area contributed by atoms with Gasteiger partial charge >= 0.3 is 49.5 Å². The molecule has 3 nitrogen and oxygen atoms in total. The van der Waals surface area contributed by atoms with Crippen LogP contribution in [0.5, 0.6) is 0 Å². The van der Waals surface area contributed by atoms with Gasteiger partial charge in [-0.15, -0.1) is 0 Å². The van der Waals surface area contributed by atoms with Gasteiger partial charge in [0.25, 0.3) is 0 Å². The van der Waals surface area contributed by atoms with Gasteiger partial charge in [0.2, 0.25) is 0 Å². The molecule has 0 atom stereocenters. The molecule has 0 aromatic heterocycles. The number of nitrogens with two attached hydrogens (primary N) is 2. The van der Waals surface area contributed by atoms with Crippen LogP contribution >= 0.6 is 0 Å². The van der Waals surface area contributed by atoms with Crippen LogP contribution in [-0.2, 0) is 24.9 Å². The Hall–Kier alpha value is 0.205. The predicted molar refractivity (Wildman–Crippen MR) is 21.7 cm³/mol. The molecule has 0 unspecified atom stereocenters. The Morgan fingerprint density at radius 2 is 2.17 bits per heavy atom. The molecule has 0 bridgehead atoms. The Labute approximate surface area is 49.7 Å². The van der Waals surface area contributed by atoms with Crippen molar-refractivity contribution < 1.29 is 24.9 Å². The van der Waals surface area contributed by atoms with Crippen LogP contribution in [0.4, 0.5) is 0 Å². The SMILES string of the molecule is [CH3][Hg][N]=C(N)N. The molecule has 0 fully saturated rings. The van der Waals surface area contributed by atoms with Crippen LogP contribution in [0.1, 0.15) is 0 Å². The Kier molecular flexibility index (Phi) is 3.51. The molecule has 0 aromatic rings. The van der Waals surface area contributed by atoms with Gasteiger partial charge in [-0.3, -0.25) is 0 Å². The molecule has 0 amide bonds. The number of nitrogens with zero attached hydrogens (tertiary/aromatic N) is 1. The van der Waals surface area contributed by atoms with Crippen LogP contribution in [0.15, 0.2) is 2.76 Å². The average Bonchev–Trinajstić information content (AvgIpc) is 1.35. The van der Waals surface area contributed by atoms with Gasteiger partial charge in [0.15, 0.2) is 0 Å². The quantitative estimate of drug-likeness (QED) is 0.377. The monoisotopic (exact) mass is 275 g/mol. The summed E-state index contributed by atoms with van der Waals surface area (Å²) in [7, 11) is 0. The van der Waals surface area contributed by atoms with Crippen molar-refractivity contribution in [2.24, 2.45) is 14.2 Å². The number of hydrogen-bond acceptors (Lipinski definition) is 1. The maximum atomic E-state index is 4.99. The zero-order chi connectivity index (χ0) is 4.99. The fourth-order valence-corrected chi connectivity index (χ4v) is 1.60. The summed E-state index contributed by atoms with van der Waals surface area (Å²) in [6.45, 7) is 0. The van der Waals surface area contributed by atoms with Crippen LogP contribution in [0.25, 0.3) is 0 Å². The number of rotatable bonds is 1. The van der Waals surface area contributed by atoms with Gasteiger partial charge < -0.3 is 0 Å². The van der Waals surface area contributed by atoms with E-state index in [1.165, 1.54) is 0 Å². The minimum atomic E-state index is -0.874. The van der Waals surface area contributed by atoms with Gasteiger partial charge in [-0.25, -0.2) is 0 Å². The molecule has 4 N–H and O–H groups in total. The maximum absolute atomic E-state index is 4.99. The molecule has 0 rings (SSSR count). The van der Waals surface area contributed by atoms with Crippen molar-refractivity contribution in [3.63, 3.8) is 0 Å². The summed E-state index contributed by atoms with van der Waals surface area (Å²) in [5, 5.41) is 0.